The van der Waals surface area contributed by atoms with Gasteiger partial charge in [0.05, 0.1) is 4.88 Å². The third kappa shape index (κ3) is 4.05. The number of piperidine rings is 1. The van der Waals surface area contributed by atoms with Gasteiger partial charge in [0.1, 0.15) is 5.82 Å². The van der Waals surface area contributed by atoms with Gasteiger partial charge in [0, 0.05) is 29.6 Å². The van der Waals surface area contributed by atoms with Gasteiger partial charge in [-0.3, -0.25) is 9.59 Å². The summed E-state index contributed by atoms with van der Waals surface area (Å²) in [4.78, 5) is 29.2. The van der Waals surface area contributed by atoms with E-state index in [9.17, 15) is 14.0 Å². The van der Waals surface area contributed by atoms with Crippen molar-refractivity contribution in [3.8, 4) is 0 Å². The summed E-state index contributed by atoms with van der Waals surface area (Å²) in [6.45, 7) is 1.30. The molecule has 4 nitrogen and oxygen atoms in total. The van der Waals surface area contributed by atoms with Crippen LogP contribution in [0.3, 0.4) is 0 Å². The number of carbonyl (C=O) groups excluding carboxylic acids is 2. The van der Waals surface area contributed by atoms with Crippen molar-refractivity contribution in [3.63, 3.8) is 0 Å². The third-order valence-corrected chi connectivity index (χ3v) is 6.66. The Hall–Kier alpha value is -2.21. The largest absolute Gasteiger partial charge is 0.349 e. The number of carbonyl (C=O) groups is 2. The molecular formula is C21H23FN2O2S. The molecule has 142 valence electrons. The van der Waals surface area contributed by atoms with Gasteiger partial charge in [0.25, 0.3) is 11.8 Å². The molecule has 2 aromatic rings. The van der Waals surface area contributed by atoms with Crippen LogP contribution in [0.5, 0.6) is 0 Å². The lowest BCUT2D eigenvalue weighted by atomic mass is 9.99. The number of hydrogen-bond acceptors (Lipinski definition) is 3. The molecule has 1 saturated heterocycles. The number of hydrogen-bond donors (Lipinski definition) is 1. The van der Waals surface area contributed by atoms with Crippen LogP contribution < -0.4 is 5.32 Å². The van der Waals surface area contributed by atoms with Crippen molar-refractivity contribution >= 4 is 23.2 Å². The zero-order valence-electron chi connectivity index (χ0n) is 15.2. The average molecular weight is 386 g/mol. The van der Waals surface area contributed by atoms with Crippen molar-refractivity contribution in [1.82, 2.24) is 10.2 Å². The number of aryl methyl sites for hydroxylation is 2. The minimum absolute atomic E-state index is 0.0446. The molecule has 0 spiro atoms. The van der Waals surface area contributed by atoms with Crippen LogP contribution >= 0.6 is 11.3 Å². The molecule has 1 aromatic heterocycles. The Kier molecular flexibility index (Phi) is 5.25. The molecule has 0 unspecified atom stereocenters. The van der Waals surface area contributed by atoms with Crippen LogP contribution in [0.2, 0.25) is 0 Å². The first-order valence-corrected chi connectivity index (χ1v) is 10.4. The van der Waals surface area contributed by atoms with Crippen LogP contribution in [0.4, 0.5) is 4.39 Å². The van der Waals surface area contributed by atoms with E-state index in [1.54, 1.807) is 11.3 Å². The van der Waals surface area contributed by atoms with E-state index in [2.05, 4.69) is 11.4 Å². The van der Waals surface area contributed by atoms with Crippen molar-refractivity contribution in [2.24, 2.45) is 0 Å². The number of rotatable bonds is 3. The van der Waals surface area contributed by atoms with E-state index in [1.807, 2.05) is 4.90 Å². The van der Waals surface area contributed by atoms with Crippen molar-refractivity contribution in [3.05, 3.63) is 57.0 Å². The van der Waals surface area contributed by atoms with E-state index in [4.69, 9.17) is 0 Å². The lowest BCUT2D eigenvalue weighted by Crippen LogP contribution is -2.46. The van der Waals surface area contributed by atoms with Crippen molar-refractivity contribution < 1.29 is 14.0 Å². The van der Waals surface area contributed by atoms with E-state index in [0.29, 0.717) is 18.7 Å². The number of thiophene rings is 1. The van der Waals surface area contributed by atoms with E-state index in [0.717, 1.165) is 30.6 Å². The zero-order valence-corrected chi connectivity index (χ0v) is 16.0. The van der Waals surface area contributed by atoms with Crippen LogP contribution in [-0.4, -0.2) is 35.8 Å². The second-order valence-corrected chi connectivity index (χ2v) is 8.45. The summed E-state index contributed by atoms with van der Waals surface area (Å²) in [5.41, 5.74) is 1.81. The number of nitrogens with one attached hydrogen (secondary N) is 1. The highest BCUT2D eigenvalue weighted by Crippen LogP contribution is 2.30. The molecule has 0 radical (unpaired) electrons. The molecule has 1 N–H and O–H groups in total. The predicted octanol–water partition coefficient (Wildman–Crippen LogP) is 3.80. The Balaban J connectivity index is 1.32. The Morgan fingerprint density at radius 2 is 1.78 bits per heavy atom. The van der Waals surface area contributed by atoms with Crippen molar-refractivity contribution in [2.75, 3.05) is 13.1 Å². The van der Waals surface area contributed by atoms with Gasteiger partial charge >= 0.3 is 0 Å². The van der Waals surface area contributed by atoms with E-state index in [-0.39, 0.29) is 23.7 Å². The number of halogens is 1. The van der Waals surface area contributed by atoms with Gasteiger partial charge in [-0.25, -0.2) is 4.39 Å². The molecule has 1 fully saturated rings. The third-order valence-electron chi connectivity index (χ3n) is 5.43. The molecule has 4 rings (SSSR count). The number of likely N-dealkylation sites (tertiary alicyclic amines) is 1. The second kappa shape index (κ2) is 7.80. The van der Waals surface area contributed by atoms with Crippen LogP contribution in [0.15, 0.2) is 30.3 Å². The minimum atomic E-state index is -0.353. The van der Waals surface area contributed by atoms with Gasteiger partial charge in [-0.1, -0.05) is 0 Å². The summed E-state index contributed by atoms with van der Waals surface area (Å²) in [6, 6.07) is 7.68. The molecule has 0 saturated carbocycles. The molecule has 6 heteroatoms. The average Bonchev–Trinajstić information content (AvgIpc) is 3.13. The molecule has 2 heterocycles. The summed E-state index contributed by atoms with van der Waals surface area (Å²) in [5.74, 6) is -0.419. The standard InChI is InChI=1S/C21H23FN2O2S/c22-16-7-5-14(6-8-16)20(25)23-17-9-11-24(12-10-17)21(26)19-13-15-3-1-2-4-18(15)27-19/h5-8,13,17H,1-4,9-12H2,(H,23,25). The maximum absolute atomic E-state index is 13.0. The molecule has 2 amide bonds. The van der Waals surface area contributed by atoms with Gasteiger partial charge in [-0.2, -0.15) is 0 Å². The lowest BCUT2D eigenvalue weighted by molar-refractivity contribution is 0.0702. The monoisotopic (exact) mass is 386 g/mol. The Morgan fingerprint density at radius 1 is 1.07 bits per heavy atom. The molecule has 1 aliphatic carbocycles. The molecule has 27 heavy (non-hydrogen) atoms. The molecule has 0 bridgehead atoms. The number of amides is 2. The maximum atomic E-state index is 13.0. The Morgan fingerprint density at radius 3 is 2.48 bits per heavy atom. The van der Waals surface area contributed by atoms with E-state index >= 15 is 0 Å². The minimum Gasteiger partial charge on any atom is -0.349 e. The molecular weight excluding hydrogens is 363 g/mol. The fraction of sp³-hybridized carbons (Fsp3) is 0.429. The second-order valence-electron chi connectivity index (χ2n) is 7.31. The summed E-state index contributed by atoms with van der Waals surface area (Å²) in [6.07, 6.45) is 6.12. The highest BCUT2D eigenvalue weighted by molar-refractivity contribution is 7.14. The topological polar surface area (TPSA) is 49.4 Å². The van der Waals surface area contributed by atoms with E-state index < -0.39 is 0 Å². The fourth-order valence-electron chi connectivity index (χ4n) is 3.85. The van der Waals surface area contributed by atoms with Crippen molar-refractivity contribution in [2.45, 2.75) is 44.6 Å². The number of fused-ring (bicyclic) bond motifs is 1. The first-order valence-electron chi connectivity index (χ1n) is 9.57. The predicted molar refractivity (Wildman–Crippen MR) is 104 cm³/mol. The van der Waals surface area contributed by atoms with E-state index in [1.165, 1.54) is 47.5 Å². The maximum Gasteiger partial charge on any atom is 0.263 e. The normalized spacial score (nSPS) is 17.4. The summed E-state index contributed by atoms with van der Waals surface area (Å²) >= 11 is 1.66. The Bertz CT molecular complexity index is 815. The zero-order chi connectivity index (χ0) is 18.8. The molecule has 2 aliphatic rings. The highest BCUT2D eigenvalue weighted by Gasteiger charge is 2.27. The summed E-state index contributed by atoms with van der Waals surface area (Å²) in [5, 5.41) is 3.00. The van der Waals surface area contributed by atoms with Gasteiger partial charge in [0.2, 0.25) is 0 Å². The lowest BCUT2D eigenvalue weighted by Gasteiger charge is -2.32. The summed E-state index contributed by atoms with van der Waals surface area (Å²) < 4.78 is 13.0. The molecule has 1 aliphatic heterocycles. The van der Waals surface area contributed by atoms with Gasteiger partial charge in [-0.15, -0.1) is 11.3 Å². The smallest absolute Gasteiger partial charge is 0.263 e. The first kappa shape index (κ1) is 18.2. The fourth-order valence-corrected chi connectivity index (χ4v) is 5.07. The number of benzene rings is 1. The van der Waals surface area contributed by atoms with Crippen LogP contribution in [0.1, 0.15) is 56.2 Å². The van der Waals surface area contributed by atoms with Gasteiger partial charge < -0.3 is 10.2 Å². The van der Waals surface area contributed by atoms with Crippen molar-refractivity contribution in [1.29, 1.82) is 0 Å². The van der Waals surface area contributed by atoms with Crippen LogP contribution in [0.25, 0.3) is 0 Å². The number of nitrogens with zero attached hydrogens (tertiary/aromatic N) is 1. The molecule has 0 atom stereocenters. The van der Waals surface area contributed by atoms with Crippen LogP contribution in [0, 0.1) is 5.82 Å². The first-order chi connectivity index (χ1) is 13.1. The molecule has 1 aromatic carbocycles. The van der Waals surface area contributed by atoms with Crippen LogP contribution in [-0.2, 0) is 12.8 Å². The quantitative estimate of drug-likeness (QED) is 0.872. The van der Waals surface area contributed by atoms with Gasteiger partial charge in [0.15, 0.2) is 0 Å². The van der Waals surface area contributed by atoms with Gasteiger partial charge in [-0.05, 0) is 74.4 Å². The SMILES string of the molecule is O=C(NC1CCN(C(=O)c2cc3c(s2)CCCC3)CC1)c1ccc(F)cc1. The Labute approximate surface area is 162 Å². The highest BCUT2D eigenvalue weighted by atomic mass is 32.1. The summed E-state index contributed by atoms with van der Waals surface area (Å²) in [7, 11) is 0.